The number of aliphatic carboxylic acids is 1. The first-order chi connectivity index (χ1) is 11.7. The zero-order valence-corrected chi connectivity index (χ0v) is 14.9. The molecule has 8 nitrogen and oxygen atoms in total. The van der Waals surface area contributed by atoms with E-state index in [0.29, 0.717) is 6.54 Å². The Labute approximate surface area is 146 Å². The first kappa shape index (κ1) is 19.4. The van der Waals surface area contributed by atoms with Gasteiger partial charge < -0.3 is 15.2 Å². The van der Waals surface area contributed by atoms with E-state index in [4.69, 9.17) is 4.74 Å². The van der Waals surface area contributed by atoms with E-state index in [1.165, 1.54) is 24.3 Å². The number of hydrogen-bond acceptors (Lipinski definition) is 5. The van der Waals surface area contributed by atoms with Crippen molar-refractivity contribution in [2.24, 2.45) is 5.92 Å². The van der Waals surface area contributed by atoms with E-state index < -0.39 is 27.4 Å². The molecule has 1 aliphatic rings. The molecule has 0 spiro atoms. The van der Waals surface area contributed by atoms with Gasteiger partial charge in [-0.2, -0.15) is 0 Å². The molecule has 25 heavy (non-hydrogen) atoms. The average Bonchev–Trinajstić information content (AvgIpc) is 3.03. The number of carboxylic acid groups (broad SMARTS) is 1. The number of hydrogen-bond donors (Lipinski definition) is 3. The minimum absolute atomic E-state index is 0.0434. The van der Waals surface area contributed by atoms with Crippen LogP contribution in [0.15, 0.2) is 29.2 Å². The van der Waals surface area contributed by atoms with Crippen LogP contribution in [0.4, 0.5) is 0 Å². The van der Waals surface area contributed by atoms with Crippen molar-refractivity contribution < 1.29 is 27.9 Å². The molecule has 3 N–H and O–H groups in total. The third-order valence-electron chi connectivity index (χ3n) is 3.89. The molecule has 1 aromatic rings. The van der Waals surface area contributed by atoms with Crippen LogP contribution in [0.5, 0.6) is 0 Å². The Bertz CT molecular complexity index is 736. The second-order valence-corrected chi connectivity index (χ2v) is 8.18. The van der Waals surface area contributed by atoms with E-state index in [1.54, 1.807) is 0 Å². The van der Waals surface area contributed by atoms with Gasteiger partial charge in [0.25, 0.3) is 5.91 Å². The highest BCUT2D eigenvalue weighted by atomic mass is 32.2. The third-order valence-corrected chi connectivity index (χ3v) is 5.33. The molecule has 0 aliphatic carbocycles. The highest BCUT2D eigenvalue weighted by molar-refractivity contribution is 7.89. The quantitative estimate of drug-likeness (QED) is 0.646. The van der Waals surface area contributed by atoms with Crippen molar-refractivity contribution in [2.75, 3.05) is 19.8 Å². The molecule has 1 heterocycles. The summed E-state index contributed by atoms with van der Waals surface area (Å²) in [6.45, 7) is 4.25. The fourth-order valence-electron chi connectivity index (χ4n) is 2.32. The fourth-order valence-corrected chi connectivity index (χ4v) is 3.53. The molecule has 0 radical (unpaired) electrons. The van der Waals surface area contributed by atoms with E-state index in [2.05, 4.69) is 10.0 Å². The zero-order chi connectivity index (χ0) is 18.7. The predicted octanol–water partition coefficient (Wildman–Crippen LogP) is 0.594. The van der Waals surface area contributed by atoms with Crippen molar-refractivity contribution in [3.8, 4) is 0 Å². The van der Waals surface area contributed by atoms with Gasteiger partial charge in [0, 0.05) is 25.1 Å². The summed E-state index contributed by atoms with van der Waals surface area (Å²) >= 11 is 0. The predicted molar refractivity (Wildman–Crippen MR) is 89.7 cm³/mol. The van der Waals surface area contributed by atoms with Crippen molar-refractivity contribution in [1.82, 2.24) is 10.0 Å². The first-order valence-electron chi connectivity index (χ1n) is 7.90. The summed E-state index contributed by atoms with van der Waals surface area (Å²) in [6.07, 6.45) is 0.180. The number of sulfonamides is 1. The Kier molecular flexibility index (Phi) is 5.81. The van der Waals surface area contributed by atoms with Gasteiger partial charge in [-0.1, -0.05) is 13.8 Å². The molecule has 0 bridgehead atoms. The van der Waals surface area contributed by atoms with E-state index in [-0.39, 0.29) is 36.0 Å². The van der Waals surface area contributed by atoms with E-state index in [1.807, 2.05) is 13.8 Å². The van der Waals surface area contributed by atoms with Crippen molar-refractivity contribution >= 4 is 21.9 Å². The number of nitrogens with one attached hydrogen (secondary N) is 2. The van der Waals surface area contributed by atoms with Crippen molar-refractivity contribution in [2.45, 2.75) is 30.7 Å². The first-order valence-corrected chi connectivity index (χ1v) is 9.38. The summed E-state index contributed by atoms with van der Waals surface area (Å²) in [5.41, 5.74) is -1.27. The Morgan fingerprint density at radius 1 is 1.28 bits per heavy atom. The lowest BCUT2D eigenvalue weighted by atomic mass is 9.98. The molecular weight excluding hydrogens is 348 g/mol. The van der Waals surface area contributed by atoms with Gasteiger partial charge >= 0.3 is 5.97 Å². The van der Waals surface area contributed by atoms with Crippen LogP contribution in [-0.4, -0.2) is 50.7 Å². The third kappa shape index (κ3) is 4.56. The molecule has 2 rings (SSSR count). The summed E-state index contributed by atoms with van der Waals surface area (Å²) in [5.74, 6) is -1.58. The van der Waals surface area contributed by atoms with Gasteiger partial charge in [-0.15, -0.1) is 0 Å². The van der Waals surface area contributed by atoms with E-state index in [0.717, 1.165) is 0 Å². The van der Waals surface area contributed by atoms with Crippen LogP contribution >= 0.6 is 0 Å². The number of benzene rings is 1. The fraction of sp³-hybridized carbons (Fsp3) is 0.500. The monoisotopic (exact) mass is 370 g/mol. The summed E-state index contributed by atoms with van der Waals surface area (Å²) in [7, 11) is -3.64. The molecule has 1 aliphatic heterocycles. The van der Waals surface area contributed by atoms with Crippen molar-refractivity contribution in [1.29, 1.82) is 0 Å². The number of carboxylic acids is 1. The van der Waals surface area contributed by atoms with Crippen molar-refractivity contribution in [3.05, 3.63) is 29.8 Å². The van der Waals surface area contributed by atoms with Crippen LogP contribution in [0.3, 0.4) is 0 Å². The summed E-state index contributed by atoms with van der Waals surface area (Å²) in [4.78, 5) is 23.8. The van der Waals surface area contributed by atoms with Crippen LogP contribution in [0.2, 0.25) is 0 Å². The van der Waals surface area contributed by atoms with Gasteiger partial charge in [0.2, 0.25) is 10.0 Å². The molecule has 9 heteroatoms. The van der Waals surface area contributed by atoms with Crippen molar-refractivity contribution in [3.63, 3.8) is 0 Å². The van der Waals surface area contributed by atoms with Crippen LogP contribution in [0.1, 0.15) is 30.6 Å². The smallest absolute Gasteiger partial charge is 0.331 e. The number of carbonyl (C=O) groups excluding carboxylic acids is 1. The SMILES string of the molecule is CC(C)CNS(=O)(=O)c1ccc(C(=O)NC2(C(=O)O)CCOC2)cc1. The van der Waals surface area contributed by atoms with Crippen LogP contribution in [-0.2, 0) is 19.6 Å². The number of ether oxygens (including phenoxy) is 1. The standard InChI is InChI=1S/C16H22N2O6S/c1-11(2)9-17-25(22,23)13-5-3-12(4-6-13)14(19)18-16(15(20)21)7-8-24-10-16/h3-6,11,17H,7-10H2,1-2H3,(H,18,19)(H,20,21). The summed E-state index contributed by atoms with van der Waals surface area (Å²) in [5, 5.41) is 11.8. The molecule has 1 atom stereocenters. The minimum Gasteiger partial charge on any atom is -0.479 e. The van der Waals surface area contributed by atoms with Crippen LogP contribution in [0.25, 0.3) is 0 Å². The number of rotatable bonds is 7. The highest BCUT2D eigenvalue weighted by Crippen LogP contribution is 2.20. The lowest BCUT2D eigenvalue weighted by Crippen LogP contribution is -2.55. The molecule has 1 fully saturated rings. The molecule has 1 aromatic carbocycles. The van der Waals surface area contributed by atoms with Gasteiger partial charge in [0.05, 0.1) is 11.5 Å². The Balaban J connectivity index is 2.11. The maximum atomic E-state index is 12.3. The Hall–Kier alpha value is -1.97. The molecule has 1 saturated heterocycles. The molecule has 0 aromatic heterocycles. The second kappa shape index (κ2) is 7.51. The second-order valence-electron chi connectivity index (χ2n) is 6.41. The van der Waals surface area contributed by atoms with E-state index in [9.17, 15) is 23.1 Å². The molecule has 1 unspecified atom stereocenters. The lowest BCUT2D eigenvalue weighted by molar-refractivity contribution is -0.144. The number of amides is 1. The summed E-state index contributed by atoms with van der Waals surface area (Å²) < 4.78 is 31.8. The van der Waals surface area contributed by atoms with Crippen LogP contribution in [0, 0.1) is 5.92 Å². The highest BCUT2D eigenvalue weighted by Gasteiger charge is 2.44. The Morgan fingerprint density at radius 3 is 2.40 bits per heavy atom. The summed E-state index contributed by atoms with van der Waals surface area (Å²) in [6, 6.07) is 5.33. The Morgan fingerprint density at radius 2 is 1.92 bits per heavy atom. The van der Waals surface area contributed by atoms with Gasteiger partial charge in [-0.05, 0) is 30.2 Å². The molecule has 1 amide bonds. The maximum Gasteiger partial charge on any atom is 0.331 e. The topological polar surface area (TPSA) is 122 Å². The molecule has 138 valence electrons. The number of carbonyl (C=O) groups is 2. The zero-order valence-electron chi connectivity index (χ0n) is 14.1. The largest absolute Gasteiger partial charge is 0.479 e. The van der Waals surface area contributed by atoms with Crippen LogP contribution < -0.4 is 10.0 Å². The van der Waals surface area contributed by atoms with Gasteiger partial charge in [0.15, 0.2) is 5.54 Å². The van der Waals surface area contributed by atoms with Gasteiger partial charge in [0.1, 0.15) is 0 Å². The van der Waals surface area contributed by atoms with Gasteiger partial charge in [-0.25, -0.2) is 17.9 Å². The van der Waals surface area contributed by atoms with Gasteiger partial charge in [-0.3, -0.25) is 4.79 Å². The molecular formula is C16H22N2O6S. The normalized spacial score (nSPS) is 20.6. The maximum absolute atomic E-state index is 12.3. The minimum atomic E-state index is -3.64. The molecule has 0 saturated carbocycles. The lowest BCUT2D eigenvalue weighted by Gasteiger charge is -2.23. The van der Waals surface area contributed by atoms with E-state index >= 15 is 0 Å². The average molecular weight is 370 g/mol.